The van der Waals surface area contributed by atoms with Crippen LogP contribution in [0.2, 0.25) is 0 Å². The van der Waals surface area contributed by atoms with E-state index in [2.05, 4.69) is 10.2 Å². The summed E-state index contributed by atoms with van der Waals surface area (Å²) in [4.78, 5) is 24.4. The van der Waals surface area contributed by atoms with E-state index in [4.69, 9.17) is 5.73 Å². The second-order valence-electron chi connectivity index (χ2n) is 4.32. The fraction of sp³-hybridized carbons (Fsp3) is 0.462. The van der Waals surface area contributed by atoms with E-state index in [9.17, 15) is 14.9 Å². The van der Waals surface area contributed by atoms with Crippen LogP contribution in [0.3, 0.4) is 0 Å². The molecule has 0 radical (unpaired) electrons. The van der Waals surface area contributed by atoms with Gasteiger partial charge in [0.15, 0.2) is 0 Å². The van der Waals surface area contributed by atoms with E-state index < -0.39 is 10.8 Å². The van der Waals surface area contributed by atoms with E-state index in [0.717, 1.165) is 13.1 Å². The summed E-state index contributed by atoms with van der Waals surface area (Å²) >= 11 is 0. The maximum atomic E-state index is 12.0. The van der Waals surface area contributed by atoms with Crippen molar-refractivity contribution in [2.24, 2.45) is 0 Å². The van der Waals surface area contributed by atoms with Crippen molar-refractivity contribution in [1.29, 1.82) is 0 Å². The molecule has 0 heterocycles. The number of nitrogens with two attached hydrogens (primary N) is 1. The molecular formula is C13H20N4O3. The highest BCUT2D eigenvalue weighted by Gasteiger charge is 2.20. The van der Waals surface area contributed by atoms with E-state index in [1.165, 1.54) is 18.2 Å². The third kappa shape index (κ3) is 4.20. The number of hydrogen-bond donors (Lipinski definition) is 2. The van der Waals surface area contributed by atoms with E-state index in [-0.39, 0.29) is 16.9 Å². The Morgan fingerprint density at radius 3 is 2.60 bits per heavy atom. The second-order valence-corrected chi connectivity index (χ2v) is 4.32. The Labute approximate surface area is 117 Å². The summed E-state index contributed by atoms with van der Waals surface area (Å²) < 4.78 is 0. The highest BCUT2D eigenvalue weighted by Crippen LogP contribution is 2.21. The Bertz CT molecular complexity index is 487. The van der Waals surface area contributed by atoms with Crippen molar-refractivity contribution in [3.05, 3.63) is 33.9 Å². The van der Waals surface area contributed by atoms with Gasteiger partial charge < -0.3 is 16.0 Å². The number of carbonyl (C=O) groups excluding carboxylic acids is 1. The first-order valence-corrected chi connectivity index (χ1v) is 6.54. The van der Waals surface area contributed by atoms with Gasteiger partial charge in [0.1, 0.15) is 5.56 Å². The molecule has 0 aliphatic carbocycles. The smallest absolute Gasteiger partial charge is 0.284 e. The van der Waals surface area contributed by atoms with Gasteiger partial charge in [0, 0.05) is 24.8 Å². The molecule has 3 N–H and O–H groups in total. The van der Waals surface area contributed by atoms with Crippen LogP contribution < -0.4 is 11.1 Å². The number of likely N-dealkylation sites (N-methyl/N-ethyl adjacent to an activating group) is 1. The van der Waals surface area contributed by atoms with Gasteiger partial charge in [-0.05, 0) is 25.2 Å². The van der Waals surface area contributed by atoms with Crippen LogP contribution in [0.15, 0.2) is 18.2 Å². The van der Waals surface area contributed by atoms with Crippen LogP contribution in [0, 0.1) is 10.1 Å². The van der Waals surface area contributed by atoms with Gasteiger partial charge in [-0.15, -0.1) is 0 Å². The van der Waals surface area contributed by atoms with E-state index >= 15 is 0 Å². The number of nitrogen functional groups attached to an aromatic ring is 1. The molecule has 0 spiro atoms. The van der Waals surface area contributed by atoms with E-state index in [1.807, 2.05) is 13.8 Å². The molecule has 20 heavy (non-hydrogen) atoms. The zero-order valence-corrected chi connectivity index (χ0v) is 11.8. The van der Waals surface area contributed by atoms with Crippen molar-refractivity contribution in [3.8, 4) is 0 Å². The summed E-state index contributed by atoms with van der Waals surface area (Å²) in [5, 5.41) is 13.6. The van der Waals surface area contributed by atoms with Crippen molar-refractivity contribution >= 4 is 17.3 Å². The lowest BCUT2D eigenvalue weighted by Gasteiger charge is -2.17. The van der Waals surface area contributed by atoms with Gasteiger partial charge in [0.25, 0.3) is 11.6 Å². The van der Waals surface area contributed by atoms with Gasteiger partial charge in [-0.25, -0.2) is 0 Å². The van der Waals surface area contributed by atoms with Crippen LogP contribution >= 0.6 is 0 Å². The number of benzene rings is 1. The summed E-state index contributed by atoms with van der Waals surface area (Å²) in [5.74, 6) is -0.455. The normalized spacial score (nSPS) is 10.6. The van der Waals surface area contributed by atoms with Crippen LogP contribution in [0.4, 0.5) is 11.4 Å². The van der Waals surface area contributed by atoms with Crippen molar-refractivity contribution in [2.45, 2.75) is 13.8 Å². The van der Waals surface area contributed by atoms with Crippen molar-refractivity contribution < 1.29 is 9.72 Å². The Morgan fingerprint density at radius 1 is 1.40 bits per heavy atom. The Hall–Kier alpha value is -2.15. The summed E-state index contributed by atoms with van der Waals surface area (Å²) in [5.41, 5.74) is 5.52. The summed E-state index contributed by atoms with van der Waals surface area (Å²) in [6, 6.07) is 4.05. The number of rotatable bonds is 7. The molecule has 1 rings (SSSR count). The first-order valence-electron chi connectivity index (χ1n) is 6.54. The highest BCUT2D eigenvalue weighted by atomic mass is 16.6. The zero-order valence-electron chi connectivity index (χ0n) is 11.8. The fourth-order valence-electron chi connectivity index (χ4n) is 1.85. The standard InChI is InChI=1S/C13H20N4O3/c1-3-16(4-2)8-7-15-13(18)11-6-5-10(14)9-12(11)17(19)20/h5-6,9H,3-4,7-8,14H2,1-2H3,(H,15,18). The molecule has 0 aliphatic rings. The zero-order chi connectivity index (χ0) is 15.1. The van der Waals surface area contributed by atoms with Crippen LogP contribution in [0.5, 0.6) is 0 Å². The minimum atomic E-state index is -0.602. The largest absolute Gasteiger partial charge is 0.399 e. The molecule has 0 bridgehead atoms. The molecule has 0 saturated carbocycles. The first-order chi connectivity index (χ1) is 9.49. The summed E-state index contributed by atoms with van der Waals surface area (Å²) in [7, 11) is 0. The fourth-order valence-corrected chi connectivity index (χ4v) is 1.85. The maximum Gasteiger partial charge on any atom is 0.284 e. The summed E-state index contributed by atoms with van der Waals surface area (Å²) in [6.45, 7) is 7.03. The molecule has 0 unspecified atom stereocenters. The highest BCUT2D eigenvalue weighted by molar-refractivity contribution is 5.98. The molecule has 110 valence electrons. The van der Waals surface area contributed by atoms with Crippen molar-refractivity contribution in [2.75, 3.05) is 31.9 Å². The molecule has 0 saturated heterocycles. The number of hydrogen-bond acceptors (Lipinski definition) is 5. The number of amides is 1. The first kappa shape index (κ1) is 15.9. The lowest BCUT2D eigenvalue weighted by molar-refractivity contribution is -0.385. The van der Waals surface area contributed by atoms with Crippen LogP contribution in [-0.4, -0.2) is 41.9 Å². The molecule has 0 fully saturated rings. The molecular weight excluding hydrogens is 260 g/mol. The Morgan fingerprint density at radius 2 is 2.05 bits per heavy atom. The molecule has 7 nitrogen and oxygen atoms in total. The van der Waals surface area contributed by atoms with E-state index in [0.29, 0.717) is 13.1 Å². The predicted molar refractivity (Wildman–Crippen MR) is 77.6 cm³/mol. The average molecular weight is 280 g/mol. The number of carbonyl (C=O) groups is 1. The lowest BCUT2D eigenvalue weighted by Crippen LogP contribution is -2.35. The lowest BCUT2D eigenvalue weighted by atomic mass is 10.1. The van der Waals surface area contributed by atoms with Gasteiger partial charge in [0.05, 0.1) is 4.92 Å². The SMILES string of the molecule is CCN(CC)CCNC(=O)c1ccc(N)cc1[N+](=O)[O-]. The number of nitro benzene ring substituents is 1. The van der Waals surface area contributed by atoms with E-state index in [1.54, 1.807) is 0 Å². The number of anilines is 1. The van der Waals surface area contributed by atoms with Gasteiger partial charge in [-0.1, -0.05) is 13.8 Å². The van der Waals surface area contributed by atoms with Gasteiger partial charge >= 0.3 is 0 Å². The number of nitrogens with one attached hydrogen (secondary N) is 1. The van der Waals surface area contributed by atoms with Gasteiger partial charge in [0.2, 0.25) is 0 Å². The molecule has 0 aliphatic heterocycles. The maximum absolute atomic E-state index is 12.0. The molecule has 1 amide bonds. The molecule has 0 atom stereocenters. The predicted octanol–water partition coefficient (Wildman–Crippen LogP) is 1.25. The number of nitro groups is 1. The van der Waals surface area contributed by atoms with Crippen LogP contribution in [0.1, 0.15) is 24.2 Å². The molecule has 1 aromatic carbocycles. The molecule has 0 aromatic heterocycles. The second kappa shape index (κ2) is 7.44. The summed E-state index contributed by atoms with van der Waals surface area (Å²) in [6.07, 6.45) is 0. The minimum absolute atomic E-state index is 0.0312. The average Bonchev–Trinajstić information content (AvgIpc) is 2.43. The topological polar surface area (TPSA) is 102 Å². The van der Waals surface area contributed by atoms with Gasteiger partial charge in [-0.3, -0.25) is 14.9 Å². The Balaban J connectivity index is 2.70. The number of nitrogens with zero attached hydrogens (tertiary/aromatic N) is 2. The van der Waals surface area contributed by atoms with Crippen LogP contribution in [-0.2, 0) is 0 Å². The Kier molecular flexibility index (Phi) is 5.92. The molecule has 1 aromatic rings. The van der Waals surface area contributed by atoms with Crippen molar-refractivity contribution in [1.82, 2.24) is 10.2 Å². The quantitative estimate of drug-likeness (QED) is 0.444. The third-order valence-corrected chi connectivity index (χ3v) is 3.07. The third-order valence-electron chi connectivity index (χ3n) is 3.07. The minimum Gasteiger partial charge on any atom is -0.399 e. The van der Waals surface area contributed by atoms with Crippen LogP contribution in [0.25, 0.3) is 0 Å². The van der Waals surface area contributed by atoms with Gasteiger partial charge in [-0.2, -0.15) is 0 Å². The van der Waals surface area contributed by atoms with Crippen molar-refractivity contribution in [3.63, 3.8) is 0 Å². The monoisotopic (exact) mass is 280 g/mol. The molecule has 7 heteroatoms.